The average Bonchev–Trinajstić information content (AvgIpc) is 3.00. The minimum absolute atomic E-state index is 0.123. The molecule has 0 unspecified atom stereocenters. The van der Waals surface area contributed by atoms with Gasteiger partial charge in [-0.3, -0.25) is 4.79 Å². The van der Waals surface area contributed by atoms with E-state index in [0.29, 0.717) is 36.5 Å². The molecule has 0 bridgehead atoms. The summed E-state index contributed by atoms with van der Waals surface area (Å²) in [5, 5.41) is 0. The molecule has 1 aromatic heterocycles. The van der Waals surface area contributed by atoms with Crippen molar-refractivity contribution in [3.05, 3.63) is 52.3 Å². The fourth-order valence-electron chi connectivity index (χ4n) is 3.90. The Bertz CT molecular complexity index is 1100. The normalized spacial score (nSPS) is 12.7. The second kappa shape index (κ2) is 11.1. The summed E-state index contributed by atoms with van der Waals surface area (Å²) in [6, 6.07) is 5.57. The van der Waals surface area contributed by atoms with Gasteiger partial charge in [0.1, 0.15) is 5.69 Å². The number of Topliss-reactive ketones (excluding diaryl/α,β-unsaturated/α-hetero) is 1. The molecule has 0 saturated heterocycles. The summed E-state index contributed by atoms with van der Waals surface area (Å²) in [7, 11) is -0.989. The molecule has 9 heteroatoms. The van der Waals surface area contributed by atoms with Crippen LogP contribution in [0.25, 0.3) is 0 Å². The first-order valence-electron chi connectivity index (χ1n) is 10.9. The topological polar surface area (TPSA) is 94.9 Å². The zero-order valence-corrected chi connectivity index (χ0v) is 21.3. The molecule has 0 aliphatic rings. The van der Waals surface area contributed by atoms with Crippen molar-refractivity contribution in [2.45, 2.75) is 52.0 Å². The van der Waals surface area contributed by atoms with Crippen LogP contribution in [-0.4, -0.2) is 62.0 Å². The van der Waals surface area contributed by atoms with E-state index in [-0.39, 0.29) is 22.9 Å². The van der Waals surface area contributed by atoms with Crippen LogP contribution in [0.1, 0.15) is 57.9 Å². The number of hydrogen-bond donors (Lipinski definition) is 0. The lowest BCUT2D eigenvalue weighted by atomic mass is 10.0. The quantitative estimate of drug-likeness (QED) is 0.279. The van der Waals surface area contributed by atoms with Gasteiger partial charge >= 0.3 is 5.97 Å². The molecule has 0 amide bonds. The summed E-state index contributed by atoms with van der Waals surface area (Å²) in [5.41, 5.74) is 2.59. The molecule has 0 N–H and O–H groups in total. The Morgan fingerprint density at radius 3 is 2.27 bits per heavy atom. The van der Waals surface area contributed by atoms with Gasteiger partial charge in [0, 0.05) is 38.1 Å². The Kier molecular flexibility index (Phi) is 8.99. The van der Waals surface area contributed by atoms with Gasteiger partial charge in [-0.2, -0.15) is 4.31 Å². The average molecular weight is 479 g/mol. The maximum absolute atomic E-state index is 13.6. The molecule has 0 saturated carbocycles. The summed E-state index contributed by atoms with van der Waals surface area (Å²) in [5.74, 6) is -0.923. The van der Waals surface area contributed by atoms with Gasteiger partial charge in [0.2, 0.25) is 10.0 Å². The van der Waals surface area contributed by atoms with Crippen LogP contribution < -0.4 is 0 Å². The minimum atomic E-state index is -3.95. The lowest BCUT2D eigenvalue weighted by Crippen LogP contribution is -2.44. The van der Waals surface area contributed by atoms with E-state index in [9.17, 15) is 18.0 Å². The molecule has 0 radical (unpaired) electrons. The van der Waals surface area contributed by atoms with Crippen LogP contribution in [0.5, 0.6) is 0 Å². The summed E-state index contributed by atoms with van der Waals surface area (Å²) in [6.45, 7) is 9.76. The van der Waals surface area contributed by atoms with E-state index in [1.54, 1.807) is 56.7 Å². The highest BCUT2D eigenvalue weighted by molar-refractivity contribution is 7.89. The number of carbonyl (C=O) groups excluding carboxylic acids is 2. The number of ether oxygens (including phenoxy) is 2. The largest absolute Gasteiger partial charge is 0.464 e. The van der Waals surface area contributed by atoms with Crippen molar-refractivity contribution >= 4 is 21.8 Å². The van der Waals surface area contributed by atoms with Crippen molar-refractivity contribution in [2.75, 3.05) is 26.9 Å². The molecule has 2 rings (SSSR count). The number of aryl methyl sites for hydroxylation is 1. The SMILES string of the molecule is CCOCCCN([C@@H](C)C(=O)c1c(C)c(C(=O)OC)n(C)c1C)S(=O)(=O)c1ccc(C)cc1. The van der Waals surface area contributed by atoms with Crippen molar-refractivity contribution in [1.82, 2.24) is 8.87 Å². The first kappa shape index (κ1) is 26.8. The van der Waals surface area contributed by atoms with Gasteiger partial charge < -0.3 is 14.0 Å². The van der Waals surface area contributed by atoms with Crippen LogP contribution in [0.2, 0.25) is 0 Å². The standard InChI is InChI=1S/C24H34N2O6S/c1-8-32-15-9-14-26(33(29,30)20-12-10-16(2)11-13-20)19(5)23(27)21-17(3)22(24(28)31-7)25(6)18(21)4/h10-13,19H,8-9,14-15H2,1-7H3/t19-/m0/s1. The second-order valence-electron chi connectivity index (χ2n) is 8.00. The molecule has 1 heterocycles. The number of benzene rings is 1. The van der Waals surface area contributed by atoms with E-state index >= 15 is 0 Å². The molecule has 33 heavy (non-hydrogen) atoms. The number of hydrogen-bond acceptors (Lipinski definition) is 6. The highest BCUT2D eigenvalue weighted by Gasteiger charge is 2.36. The number of methoxy groups -OCH3 is 1. The Hall–Kier alpha value is -2.49. The summed E-state index contributed by atoms with van der Waals surface area (Å²) in [4.78, 5) is 26.0. The lowest BCUT2D eigenvalue weighted by Gasteiger charge is -2.28. The van der Waals surface area contributed by atoms with Crippen LogP contribution >= 0.6 is 0 Å². The molecule has 0 fully saturated rings. The van der Waals surface area contributed by atoms with Gasteiger partial charge in [0.05, 0.1) is 18.0 Å². The van der Waals surface area contributed by atoms with E-state index in [1.807, 2.05) is 13.8 Å². The fourth-order valence-corrected chi connectivity index (χ4v) is 5.53. The predicted octanol–water partition coefficient (Wildman–Crippen LogP) is 3.43. The van der Waals surface area contributed by atoms with Crippen LogP contribution in [0, 0.1) is 20.8 Å². The highest BCUT2D eigenvalue weighted by atomic mass is 32.2. The fraction of sp³-hybridized carbons (Fsp3) is 0.500. The van der Waals surface area contributed by atoms with E-state index in [0.717, 1.165) is 5.56 Å². The van der Waals surface area contributed by atoms with Gasteiger partial charge in [0.25, 0.3) is 0 Å². The lowest BCUT2D eigenvalue weighted by molar-refractivity contribution is 0.0588. The zero-order chi connectivity index (χ0) is 24.9. The third-order valence-corrected chi connectivity index (χ3v) is 7.85. The van der Waals surface area contributed by atoms with E-state index in [1.165, 1.54) is 11.4 Å². The number of sulfonamides is 1. The number of carbonyl (C=O) groups is 2. The third kappa shape index (κ3) is 5.54. The Balaban J connectivity index is 2.50. The first-order chi connectivity index (χ1) is 15.5. The van der Waals surface area contributed by atoms with E-state index in [4.69, 9.17) is 9.47 Å². The second-order valence-corrected chi connectivity index (χ2v) is 9.89. The molecule has 0 spiro atoms. The molecular formula is C24H34N2O6S. The Morgan fingerprint density at radius 2 is 1.73 bits per heavy atom. The number of rotatable bonds is 11. The number of nitrogens with zero attached hydrogens (tertiary/aromatic N) is 2. The summed E-state index contributed by atoms with van der Waals surface area (Å²) in [6.07, 6.45) is 0.441. The molecule has 182 valence electrons. The molecule has 0 aliphatic heterocycles. The van der Waals surface area contributed by atoms with Gasteiger partial charge in [-0.1, -0.05) is 17.7 Å². The van der Waals surface area contributed by atoms with Crippen molar-refractivity contribution in [2.24, 2.45) is 7.05 Å². The predicted molar refractivity (Wildman–Crippen MR) is 126 cm³/mol. The van der Waals surface area contributed by atoms with Gasteiger partial charge in [-0.15, -0.1) is 0 Å². The maximum Gasteiger partial charge on any atom is 0.354 e. The smallest absolute Gasteiger partial charge is 0.354 e. The zero-order valence-electron chi connectivity index (χ0n) is 20.5. The van der Waals surface area contributed by atoms with Crippen molar-refractivity contribution in [3.8, 4) is 0 Å². The van der Waals surface area contributed by atoms with Gasteiger partial charge in [0.15, 0.2) is 5.78 Å². The molecule has 0 aliphatic carbocycles. The maximum atomic E-state index is 13.6. The Morgan fingerprint density at radius 1 is 1.12 bits per heavy atom. The van der Waals surface area contributed by atoms with Gasteiger partial charge in [-0.05, 0) is 58.7 Å². The van der Waals surface area contributed by atoms with Crippen molar-refractivity contribution in [1.29, 1.82) is 0 Å². The molecule has 8 nitrogen and oxygen atoms in total. The minimum Gasteiger partial charge on any atom is -0.464 e. The third-order valence-electron chi connectivity index (χ3n) is 5.87. The van der Waals surface area contributed by atoms with Crippen molar-refractivity contribution < 1.29 is 27.5 Å². The first-order valence-corrected chi connectivity index (χ1v) is 12.4. The molecule has 2 aromatic rings. The number of esters is 1. The van der Waals surface area contributed by atoms with Gasteiger partial charge in [-0.25, -0.2) is 13.2 Å². The van der Waals surface area contributed by atoms with Crippen LogP contribution in [0.3, 0.4) is 0 Å². The van der Waals surface area contributed by atoms with Crippen LogP contribution in [-0.2, 0) is 26.5 Å². The summed E-state index contributed by atoms with van der Waals surface area (Å²) >= 11 is 0. The van der Waals surface area contributed by atoms with Crippen LogP contribution in [0.4, 0.5) is 0 Å². The Labute approximate surface area is 196 Å². The molecule has 1 atom stereocenters. The monoisotopic (exact) mass is 478 g/mol. The molecule has 1 aromatic carbocycles. The van der Waals surface area contributed by atoms with E-state index in [2.05, 4.69) is 0 Å². The van der Waals surface area contributed by atoms with E-state index < -0.39 is 22.0 Å². The number of aromatic nitrogens is 1. The molecular weight excluding hydrogens is 444 g/mol. The van der Waals surface area contributed by atoms with Crippen molar-refractivity contribution in [3.63, 3.8) is 0 Å². The summed E-state index contributed by atoms with van der Waals surface area (Å²) < 4.78 is 40.1. The number of ketones is 1. The highest BCUT2D eigenvalue weighted by Crippen LogP contribution is 2.27. The van der Waals surface area contributed by atoms with Crippen LogP contribution in [0.15, 0.2) is 29.2 Å².